The van der Waals surface area contributed by atoms with Gasteiger partial charge in [0.2, 0.25) is 10.0 Å². The Morgan fingerprint density at radius 1 is 0.867 bits per heavy atom. The smallest absolute Gasteiger partial charge is 0.246 e. The van der Waals surface area contributed by atoms with Crippen LogP contribution in [0.4, 0.5) is 11.6 Å². The average molecular weight is 433 g/mol. The van der Waals surface area contributed by atoms with Crippen molar-refractivity contribution in [1.29, 1.82) is 0 Å². The van der Waals surface area contributed by atoms with Crippen molar-refractivity contribution in [2.75, 3.05) is 76.3 Å². The highest BCUT2D eigenvalue weighted by molar-refractivity contribution is 7.89. The Kier molecular flexibility index (Phi) is 6.07. The number of rotatable bonds is 5. The second-order valence-electron chi connectivity index (χ2n) is 7.57. The summed E-state index contributed by atoms with van der Waals surface area (Å²) in [6, 6.07) is 8.75. The highest BCUT2D eigenvalue weighted by atomic mass is 32.2. The lowest BCUT2D eigenvalue weighted by molar-refractivity contribution is 0.312. The third-order valence-electron chi connectivity index (χ3n) is 5.72. The van der Waals surface area contributed by atoms with Crippen molar-refractivity contribution >= 4 is 21.7 Å². The van der Waals surface area contributed by atoms with Crippen LogP contribution < -0.4 is 14.5 Å². The lowest BCUT2D eigenvalue weighted by Gasteiger charge is -2.36. The summed E-state index contributed by atoms with van der Waals surface area (Å²) in [4.78, 5) is 15.8. The molecule has 0 unspecified atom stereocenters. The monoisotopic (exact) mass is 432 g/mol. The average Bonchev–Trinajstić information content (AvgIpc) is 2.79. The SMILES string of the molecule is COc1ccccc1S(=O)(=O)N1CCN(c2cc(N3CCN(C)CC3)ncn2)CC1. The molecule has 4 rings (SSSR count). The number of aromatic nitrogens is 2. The largest absolute Gasteiger partial charge is 0.495 e. The number of likely N-dealkylation sites (N-methyl/N-ethyl adjacent to an activating group) is 1. The van der Waals surface area contributed by atoms with Crippen molar-refractivity contribution in [3.8, 4) is 5.75 Å². The number of hydrogen-bond acceptors (Lipinski definition) is 8. The van der Waals surface area contributed by atoms with Gasteiger partial charge in [-0.3, -0.25) is 0 Å². The van der Waals surface area contributed by atoms with E-state index in [1.165, 1.54) is 11.4 Å². The minimum Gasteiger partial charge on any atom is -0.495 e. The van der Waals surface area contributed by atoms with Gasteiger partial charge in [-0.2, -0.15) is 4.31 Å². The second-order valence-corrected chi connectivity index (χ2v) is 9.47. The van der Waals surface area contributed by atoms with E-state index in [0.717, 1.165) is 37.8 Å². The van der Waals surface area contributed by atoms with Crippen LogP contribution in [0.25, 0.3) is 0 Å². The molecule has 1 aromatic carbocycles. The number of nitrogens with zero attached hydrogens (tertiary/aromatic N) is 6. The van der Waals surface area contributed by atoms with Crippen LogP contribution in [0.3, 0.4) is 0 Å². The van der Waals surface area contributed by atoms with Crippen LogP contribution in [-0.2, 0) is 10.0 Å². The maximum Gasteiger partial charge on any atom is 0.246 e. The van der Waals surface area contributed by atoms with Gasteiger partial charge in [-0.05, 0) is 19.2 Å². The van der Waals surface area contributed by atoms with E-state index >= 15 is 0 Å². The fourth-order valence-corrected chi connectivity index (χ4v) is 5.43. The predicted molar refractivity (Wildman–Crippen MR) is 116 cm³/mol. The number of anilines is 2. The second kappa shape index (κ2) is 8.75. The minimum absolute atomic E-state index is 0.209. The molecule has 0 amide bonds. The summed E-state index contributed by atoms with van der Waals surface area (Å²) in [5, 5.41) is 0. The number of piperazine rings is 2. The number of para-hydroxylation sites is 1. The molecule has 2 fully saturated rings. The fourth-order valence-electron chi connectivity index (χ4n) is 3.85. The molecule has 2 aliphatic heterocycles. The summed E-state index contributed by atoms with van der Waals surface area (Å²) < 4.78 is 32.9. The zero-order chi connectivity index (χ0) is 21.1. The van der Waals surface area contributed by atoms with Crippen molar-refractivity contribution in [3.05, 3.63) is 36.7 Å². The normalized spacial score (nSPS) is 19.1. The van der Waals surface area contributed by atoms with Gasteiger partial charge in [0.25, 0.3) is 0 Å². The Morgan fingerprint density at radius 3 is 2.03 bits per heavy atom. The van der Waals surface area contributed by atoms with Gasteiger partial charge in [-0.25, -0.2) is 18.4 Å². The van der Waals surface area contributed by atoms with Gasteiger partial charge in [0.1, 0.15) is 28.6 Å². The van der Waals surface area contributed by atoms with E-state index in [2.05, 4.69) is 31.7 Å². The van der Waals surface area contributed by atoms with Crippen LogP contribution in [0.2, 0.25) is 0 Å². The molecule has 3 heterocycles. The van der Waals surface area contributed by atoms with Crippen LogP contribution in [0.5, 0.6) is 5.75 Å². The lowest BCUT2D eigenvalue weighted by Crippen LogP contribution is -2.49. The van der Waals surface area contributed by atoms with Gasteiger partial charge >= 0.3 is 0 Å². The van der Waals surface area contributed by atoms with Gasteiger partial charge < -0.3 is 19.4 Å². The van der Waals surface area contributed by atoms with Crippen LogP contribution in [-0.4, -0.2) is 94.1 Å². The van der Waals surface area contributed by atoms with Gasteiger partial charge in [0.05, 0.1) is 7.11 Å². The summed E-state index contributed by atoms with van der Waals surface area (Å²) in [5.41, 5.74) is 0. The Hall–Kier alpha value is -2.43. The quantitative estimate of drug-likeness (QED) is 0.685. The number of methoxy groups -OCH3 is 1. The molecule has 0 saturated carbocycles. The summed E-state index contributed by atoms with van der Waals surface area (Å²) in [7, 11) is 0.00687. The summed E-state index contributed by atoms with van der Waals surface area (Å²) >= 11 is 0. The first-order chi connectivity index (χ1) is 14.5. The third kappa shape index (κ3) is 4.21. The molecule has 2 saturated heterocycles. The summed E-state index contributed by atoms with van der Waals surface area (Å²) in [6.07, 6.45) is 1.60. The maximum atomic E-state index is 13.1. The Morgan fingerprint density at radius 2 is 1.43 bits per heavy atom. The van der Waals surface area contributed by atoms with E-state index in [0.29, 0.717) is 31.9 Å². The third-order valence-corrected chi connectivity index (χ3v) is 7.65. The Labute approximate surface area is 177 Å². The fraction of sp³-hybridized carbons (Fsp3) is 0.500. The van der Waals surface area contributed by atoms with Crippen LogP contribution in [0.15, 0.2) is 41.6 Å². The van der Waals surface area contributed by atoms with Crippen LogP contribution >= 0.6 is 0 Å². The zero-order valence-electron chi connectivity index (χ0n) is 17.4. The first-order valence-corrected chi connectivity index (χ1v) is 11.6. The van der Waals surface area contributed by atoms with Crippen LogP contribution in [0, 0.1) is 0 Å². The van der Waals surface area contributed by atoms with Gasteiger partial charge in [-0.1, -0.05) is 12.1 Å². The van der Waals surface area contributed by atoms with E-state index in [-0.39, 0.29) is 4.90 Å². The maximum absolute atomic E-state index is 13.1. The van der Waals surface area contributed by atoms with Gasteiger partial charge in [0.15, 0.2) is 0 Å². The molecule has 9 nitrogen and oxygen atoms in total. The van der Waals surface area contributed by atoms with E-state index in [1.807, 2.05) is 6.07 Å². The van der Waals surface area contributed by atoms with Gasteiger partial charge in [0, 0.05) is 58.4 Å². The molecular weight excluding hydrogens is 404 g/mol. The molecule has 0 radical (unpaired) electrons. The Bertz CT molecular complexity index is 970. The molecule has 0 N–H and O–H groups in total. The van der Waals surface area contributed by atoms with Crippen LogP contribution in [0.1, 0.15) is 0 Å². The highest BCUT2D eigenvalue weighted by Crippen LogP contribution is 2.28. The van der Waals surface area contributed by atoms with Crippen molar-refractivity contribution < 1.29 is 13.2 Å². The Balaban J connectivity index is 1.44. The molecule has 30 heavy (non-hydrogen) atoms. The van der Waals surface area contributed by atoms with Crippen molar-refractivity contribution in [3.63, 3.8) is 0 Å². The van der Waals surface area contributed by atoms with Crippen molar-refractivity contribution in [2.45, 2.75) is 4.90 Å². The molecule has 0 spiro atoms. The highest BCUT2D eigenvalue weighted by Gasteiger charge is 2.31. The first kappa shape index (κ1) is 20.8. The van der Waals surface area contributed by atoms with E-state index in [4.69, 9.17) is 4.74 Å². The summed E-state index contributed by atoms with van der Waals surface area (Å²) in [5.74, 6) is 2.14. The lowest BCUT2D eigenvalue weighted by atomic mass is 10.3. The molecule has 0 aliphatic carbocycles. The number of sulfonamides is 1. The summed E-state index contributed by atoms with van der Waals surface area (Å²) in [6.45, 7) is 5.86. The molecule has 162 valence electrons. The molecular formula is C20H28N6O3S. The number of benzene rings is 1. The standard InChI is InChI=1S/C20H28N6O3S/c1-23-7-9-24(10-8-23)19-15-20(22-16-21-19)25-11-13-26(14-12-25)30(27,28)18-6-4-3-5-17(18)29-2/h3-6,15-16H,7-14H2,1-2H3. The molecule has 2 aromatic rings. The molecule has 2 aliphatic rings. The van der Waals surface area contributed by atoms with Gasteiger partial charge in [-0.15, -0.1) is 0 Å². The molecule has 10 heteroatoms. The van der Waals surface area contributed by atoms with Crippen molar-refractivity contribution in [2.24, 2.45) is 0 Å². The molecule has 0 bridgehead atoms. The van der Waals surface area contributed by atoms with Crippen molar-refractivity contribution in [1.82, 2.24) is 19.2 Å². The van der Waals surface area contributed by atoms with E-state index < -0.39 is 10.0 Å². The zero-order valence-corrected chi connectivity index (χ0v) is 18.3. The predicted octanol–water partition coefficient (Wildman–Crippen LogP) is 0.748. The molecule has 1 aromatic heterocycles. The topological polar surface area (TPSA) is 82.1 Å². The van der Waals surface area contributed by atoms with E-state index in [1.54, 1.807) is 30.6 Å². The molecule has 0 atom stereocenters. The number of ether oxygens (including phenoxy) is 1. The number of hydrogen-bond donors (Lipinski definition) is 0. The first-order valence-electron chi connectivity index (χ1n) is 10.1. The minimum atomic E-state index is -3.60. The van der Waals surface area contributed by atoms with E-state index in [9.17, 15) is 8.42 Å².